The molecular formula is C15H16ClFN2O3. The van der Waals surface area contributed by atoms with Gasteiger partial charge in [0.15, 0.2) is 0 Å². The second kappa shape index (κ2) is 6.36. The number of nitrogens with zero attached hydrogens (tertiary/aromatic N) is 2. The Morgan fingerprint density at radius 2 is 2.05 bits per heavy atom. The Morgan fingerprint density at radius 1 is 1.36 bits per heavy atom. The molecule has 1 aliphatic rings. The number of carbonyl (C=O) groups excluding carboxylic acids is 2. The lowest BCUT2D eigenvalue weighted by molar-refractivity contribution is -0.114. The first-order valence-corrected chi connectivity index (χ1v) is 7.15. The number of unbranched alkanes of at least 4 members (excludes halogenated alkanes) is 1. The molecular weight excluding hydrogens is 311 g/mol. The van der Waals surface area contributed by atoms with Crippen LogP contribution in [0.2, 0.25) is 5.02 Å². The predicted molar refractivity (Wildman–Crippen MR) is 81.6 cm³/mol. The Kier molecular flexibility index (Phi) is 4.71. The number of ether oxygens (including phenoxy) is 1. The quantitative estimate of drug-likeness (QED) is 0.628. The lowest BCUT2D eigenvalue weighted by Crippen LogP contribution is -2.32. The average Bonchev–Trinajstić information content (AvgIpc) is 2.69. The molecule has 22 heavy (non-hydrogen) atoms. The number of carbonyl (C=O) groups is 2. The second-order valence-corrected chi connectivity index (χ2v) is 5.21. The summed E-state index contributed by atoms with van der Waals surface area (Å²) in [6, 6.07) is 1.64. The van der Waals surface area contributed by atoms with Gasteiger partial charge in [-0.2, -0.15) is 0 Å². The van der Waals surface area contributed by atoms with Gasteiger partial charge in [-0.3, -0.25) is 9.69 Å². The van der Waals surface area contributed by atoms with Crippen molar-refractivity contribution in [2.24, 2.45) is 0 Å². The second-order valence-electron chi connectivity index (χ2n) is 4.80. The van der Waals surface area contributed by atoms with Gasteiger partial charge in [-0.1, -0.05) is 31.0 Å². The minimum atomic E-state index is -0.766. The molecule has 0 aliphatic carbocycles. The van der Waals surface area contributed by atoms with Gasteiger partial charge in [0.1, 0.15) is 17.3 Å². The summed E-state index contributed by atoms with van der Waals surface area (Å²) in [6.45, 7) is 1.96. The zero-order valence-electron chi connectivity index (χ0n) is 12.5. The van der Waals surface area contributed by atoms with Crippen LogP contribution in [-0.4, -0.2) is 31.0 Å². The molecule has 1 heterocycles. The van der Waals surface area contributed by atoms with Crippen LogP contribution in [-0.2, 0) is 4.79 Å². The Balaban J connectivity index is 2.49. The van der Waals surface area contributed by atoms with Gasteiger partial charge in [0, 0.05) is 13.1 Å². The van der Waals surface area contributed by atoms with E-state index in [1.165, 1.54) is 25.1 Å². The number of methoxy groups -OCH3 is 1. The smallest absolute Gasteiger partial charge is 0.336 e. The highest BCUT2D eigenvalue weighted by molar-refractivity contribution is 6.32. The van der Waals surface area contributed by atoms with Crippen molar-refractivity contribution in [3.05, 3.63) is 34.7 Å². The SMILES string of the molecule is CCCC=C1C(=O)N(c2cc(OC)c(Cl)cc2F)C(=O)N1C. The lowest BCUT2D eigenvalue weighted by atomic mass is 10.2. The minimum Gasteiger partial charge on any atom is -0.495 e. The van der Waals surface area contributed by atoms with Crippen molar-refractivity contribution in [3.63, 3.8) is 0 Å². The maximum Gasteiger partial charge on any atom is 0.336 e. The van der Waals surface area contributed by atoms with Crippen molar-refractivity contribution < 1.29 is 18.7 Å². The topological polar surface area (TPSA) is 49.9 Å². The summed E-state index contributed by atoms with van der Waals surface area (Å²) in [4.78, 5) is 26.7. The molecule has 0 aromatic heterocycles. The molecule has 0 unspecified atom stereocenters. The standard InChI is InChI=1S/C15H16ClFN2O3/c1-4-5-6-11-14(20)19(15(21)18(11)2)12-8-13(22-3)9(16)7-10(12)17/h6-8H,4-5H2,1-3H3. The van der Waals surface area contributed by atoms with E-state index in [1.54, 1.807) is 6.08 Å². The van der Waals surface area contributed by atoms with Gasteiger partial charge in [-0.25, -0.2) is 14.1 Å². The van der Waals surface area contributed by atoms with Crippen molar-refractivity contribution in [2.45, 2.75) is 19.8 Å². The highest BCUT2D eigenvalue weighted by atomic mass is 35.5. The van der Waals surface area contributed by atoms with Gasteiger partial charge in [0.05, 0.1) is 17.8 Å². The van der Waals surface area contributed by atoms with E-state index < -0.39 is 17.8 Å². The molecule has 2 rings (SSSR count). The molecule has 1 fully saturated rings. The first-order chi connectivity index (χ1) is 10.4. The van der Waals surface area contributed by atoms with Gasteiger partial charge in [-0.15, -0.1) is 0 Å². The molecule has 3 amide bonds. The molecule has 0 bridgehead atoms. The monoisotopic (exact) mass is 326 g/mol. The van der Waals surface area contributed by atoms with Crippen LogP contribution >= 0.6 is 11.6 Å². The zero-order chi connectivity index (χ0) is 16.4. The molecule has 0 spiro atoms. The van der Waals surface area contributed by atoms with Crippen LogP contribution in [0.25, 0.3) is 0 Å². The van der Waals surface area contributed by atoms with E-state index in [4.69, 9.17) is 16.3 Å². The summed E-state index contributed by atoms with van der Waals surface area (Å²) in [5.41, 5.74) is 0.0585. The van der Waals surface area contributed by atoms with E-state index in [0.717, 1.165) is 17.4 Å². The molecule has 0 radical (unpaired) electrons. The van der Waals surface area contributed by atoms with Crippen LogP contribution in [0.5, 0.6) is 5.75 Å². The number of hydrogen-bond acceptors (Lipinski definition) is 3. The van der Waals surface area contributed by atoms with Crippen LogP contribution < -0.4 is 9.64 Å². The summed E-state index contributed by atoms with van der Waals surface area (Å²) in [5.74, 6) is -1.14. The number of allylic oxidation sites excluding steroid dienone is 1. The number of hydrogen-bond donors (Lipinski definition) is 0. The fourth-order valence-electron chi connectivity index (χ4n) is 2.16. The number of rotatable bonds is 4. The molecule has 1 aromatic rings. The molecule has 7 heteroatoms. The van der Waals surface area contributed by atoms with Crippen molar-refractivity contribution in [2.75, 3.05) is 19.1 Å². The number of halogens is 2. The van der Waals surface area contributed by atoms with Crippen molar-refractivity contribution in [1.82, 2.24) is 4.90 Å². The Bertz CT molecular complexity index is 660. The van der Waals surface area contributed by atoms with Gasteiger partial charge >= 0.3 is 6.03 Å². The maximum atomic E-state index is 14.1. The van der Waals surface area contributed by atoms with E-state index in [0.29, 0.717) is 6.42 Å². The molecule has 1 aliphatic heterocycles. The Morgan fingerprint density at radius 3 is 2.64 bits per heavy atom. The van der Waals surface area contributed by atoms with Gasteiger partial charge < -0.3 is 4.74 Å². The Hall–Kier alpha value is -2.08. The third kappa shape index (κ3) is 2.66. The highest BCUT2D eigenvalue weighted by Gasteiger charge is 2.41. The van der Waals surface area contributed by atoms with Crippen LogP contribution in [0.4, 0.5) is 14.9 Å². The molecule has 1 aromatic carbocycles. The van der Waals surface area contributed by atoms with Crippen molar-refractivity contribution in [1.29, 1.82) is 0 Å². The van der Waals surface area contributed by atoms with Gasteiger partial charge in [0.25, 0.3) is 5.91 Å². The van der Waals surface area contributed by atoms with E-state index in [9.17, 15) is 14.0 Å². The van der Waals surface area contributed by atoms with Crippen LogP contribution in [0.3, 0.4) is 0 Å². The average molecular weight is 327 g/mol. The highest BCUT2D eigenvalue weighted by Crippen LogP contribution is 2.35. The molecule has 0 saturated carbocycles. The largest absolute Gasteiger partial charge is 0.495 e. The number of benzene rings is 1. The van der Waals surface area contributed by atoms with E-state index in [-0.39, 0.29) is 22.2 Å². The van der Waals surface area contributed by atoms with Crippen molar-refractivity contribution in [3.8, 4) is 5.75 Å². The summed E-state index contributed by atoms with van der Waals surface area (Å²) in [5, 5.41) is 0.0675. The number of imide groups is 1. The minimum absolute atomic E-state index is 0.0675. The predicted octanol–water partition coefficient (Wildman–Crippen LogP) is 3.57. The van der Waals surface area contributed by atoms with Crippen molar-refractivity contribution >= 4 is 29.2 Å². The van der Waals surface area contributed by atoms with Crippen LogP contribution in [0.1, 0.15) is 19.8 Å². The summed E-state index contributed by atoms with van der Waals surface area (Å²) >= 11 is 5.83. The first kappa shape index (κ1) is 16.3. The van der Waals surface area contributed by atoms with Gasteiger partial charge in [-0.05, 0) is 12.5 Å². The van der Waals surface area contributed by atoms with E-state index >= 15 is 0 Å². The normalized spacial score (nSPS) is 16.9. The molecule has 118 valence electrons. The number of likely N-dealkylation sites (N-methyl/N-ethyl adjacent to an activating group) is 1. The maximum absolute atomic E-state index is 14.1. The summed E-state index contributed by atoms with van der Waals surface area (Å²) < 4.78 is 19.2. The third-order valence-corrected chi connectivity index (χ3v) is 3.65. The first-order valence-electron chi connectivity index (χ1n) is 6.77. The van der Waals surface area contributed by atoms with Crippen LogP contribution in [0.15, 0.2) is 23.9 Å². The fraction of sp³-hybridized carbons (Fsp3) is 0.333. The van der Waals surface area contributed by atoms with Crippen LogP contribution in [0, 0.1) is 5.82 Å². The third-order valence-electron chi connectivity index (χ3n) is 3.35. The number of anilines is 1. The number of amides is 3. The molecule has 0 atom stereocenters. The van der Waals surface area contributed by atoms with E-state index in [2.05, 4.69) is 0 Å². The summed E-state index contributed by atoms with van der Waals surface area (Å²) in [6.07, 6.45) is 3.16. The lowest BCUT2D eigenvalue weighted by Gasteiger charge is -2.16. The van der Waals surface area contributed by atoms with E-state index in [1.807, 2.05) is 6.92 Å². The Labute approximate surface area is 132 Å². The number of urea groups is 1. The fourth-order valence-corrected chi connectivity index (χ4v) is 2.39. The molecule has 1 saturated heterocycles. The zero-order valence-corrected chi connectivity index (χ0v) is 13.3. The summed E-state index contributed by atoms with van der Waals surface area (Å²) in [7, 11) is 2.85. The molecule has 0 N–H and O–H groups in total. The van der Waals surface area contributed by atoms with Gasteiger partial charge in [0.2, 0.25) is 0 Å². The molecule has 5 nitrogen and oxygen atoms in total.